The van der Waals surface area contributed by atoms with Gasteiger partial charge in [0.25, 0.3) is 0 Å². The van der Waals surface area contributed by atoms with E-state index in [0.29, 0.717) is 23.5 Å². The highest BCUT2D eigenvalue weighted by atomic mass is 35.5. The fourth-order valence-electron chi connectivity index (χ4n) is 3.09. The summed E-state index contributed by atoms with van der Waals surface area (Å²) >= 11 is 5.98. The van der Waals surface area contributed by atoms with Crippen molar-refractivity contribution in [3.63, 3.8) is 0 Å². The molecule has 0 radical (unpaired) electrons. The Morgan fingerprint density at radius 1 is 1.17 bits per heavy atom. The highest BCUT2D eigenvalue weighted by Crippen LogP contribution is 2.32. The van der Waals surface area contributed by atoms with Crippen LogP contribution in [0.15, 0.2) is 28.9 Å². The third kappa shape index (κ3) is 3.17. The van der Waals surface area contributed by atoms with E-state index in [2.05, 4.69) is 20.5 Å². The Labute approximate surface area is 138 Å². The first-order valence-corrected chi connectivity index (χ1v) is 8.36. The summed E-state index contributed by atoms with van der Waals surface area (Å²) in [5.41, 5.74) is 1.75. The van der Waals surface area contributed by atoms with Crippen LogP contribution in [0.2, 0.25) is 5.02 Å². The van der Waals surface area contributed by atoms with Crippen LogP contribution in [0.3, 0.4) is 0 Å². The van der Waals surface area contributed by atoms with Crippen LogP contribution in [0.25, 0.3) is 5.65 Å². The summed E-state index contributed by atoms with van der Waals surface area (Å²) in [7, 11) is 0. The Balaban J connectivity index is 1.42. The minimum absolute atomic E-state index is 0.420. The highest BCUT2D eigenvalue weighted by molar-refractivity contribution is 6.30. The number of hydrogen-bond donors (Lipinski definition) is 1. The van der Waals surface area contributed by atoms with Gasteiger partial charge in [-0.25, -0.2) is 4.98 Å². The second-order valence-electron chi connectivity index (χ2n) is 5.98. The van der Waals surface area contributed by atoms with Crippen LogP contribution in [0.4, 0.5) is 6.01 Å². The predicted molar refractivity (Wildman–Crippen MR) is 87.7 cm³/mol. The van der Waals surface area contributed by atoms with E-state index in [0.717, 1.165) is 30.1 Å². The van der Waals surface area contributed by atoms with Crippen LogP contribution in [-0.2, 0) is 6.54 Å². The van der Waals surface area contributed by atoms with Gasteiger partial charge in [-0.2, -0.15) is 0 Å². The van der Waals surface area contributed by atoms with Crippen molar-refractivity contribution in [2.75, 3.05) is 5.32 Å². The average Bonchev–Trinajstić information content (AvgIpc) is 3.20. The largest absolute Gasteiger partial charge is 0.408 e. The number of halogens is 1. The highest BCUT2D eigenvalue weighted by Gasteiger charge is 2.21. The summed E-state index contributed by atoms with van der Waals surface area (Å²) in [6.07, 6.45) is 9.88. The molecule has 0 spiro atoms. The lowest BCUT2D eigenvalue weighted by Crippen LogP contribution is -2.04. The molecule has 6 nitrogen and oxygen atoms in total. The van der Waals surface area contributed by atoms with E-state index in [9.17, 15) is 0 Å². The molecule has 7 heteroatoms. The molecule has 3 aromatic rings. The number of pyridine rings is 1. The van der Waals surface area contributed by atoms with Gasteiger partial charge in [0.05, 0.1) is 17.3 Å². The second-order valence-corrected chi connectivity index (χ2v) is 6.42. The Kier molecular flexibility index (Phi) is 3.91. The van der Waals surface area contributed by atoms with Gasteiger partial charge in [0.2, 0.25) is 5.89 Å². The molecule has 1 saturated carbocycles. The van der Waals surface area contributed by atoms with Crippen LogP contribution in [0, 0.1) is 0 Å². The van der Waals surface area contributed by atoms with Crippen LogP contribution < -0.4 is 5.32 Å². The molecule has 1 aliphatic carbocycles. The van der Waals surface area contributed by atoms with E-state index >= 15 is 0 Å². The number of imidazole rings is 1. The van der Waals surface area contributed by atoms with Gasteiger partial charge in [0.15, 0.2) is 0 Å². The molecule has 3 heterocycles. The summed E-state index contributed by atoms with van der Waals surface area (Å²) in [6.45, 7) is 0.533. The smallest absolute Gasteiger partial charge is 0.315 e. The first kappa shape index (κ1) is 14.5. The number of hydrogen-bond acceptors (Lipinski definition) is 5. The summed E-state index contributed by atoms with van der Waals surface area (Å²) in [5.74, 6) is 1.18. The Morgan fingerprint density at radius 2 is 2.04 bits per heavy atom. The van der Waals surface area contributed by atoms with E-state index in [4.69, 9.17) is 16.0 Å². The van der Waals surface area contributed by atoms with Gasteiger partial charge in [-0.3, -0.25) is 0 Å². The number of fused-ring (bicyclic) bond motifs is 1. The van der Waals surface area contributed by atoms with Crippen molar-refractivity contribution in [1.29, 1.82) is 0 Å². The van der Waals surface area contributed by atoms with Crippen molar-refractivity contribution in [2.24, 2.45) is 0 Å². The molecule has 4 rings (SSSR count). The zero-order valence-electron chi connectivity index (χ0n) is 12.7. The molecule has 1 fully saturated rings. The van der Waals surface area contributed by atoms with Crippen LogP contribution >= 0.6 is 11.6 Å². The minimum Gasteiger partial charge on any atom is -0.408 e. The predicted octanol–water partition coefficient (Wildman–Crippen LogP) is 4.03. The lowest BCUT2D eigenvalue weighted by Gasteiger charge is -2.17. The zero-order chi connectivity index (χ0) is 15.6. The molecular weight excluding hydrogens is 314 g/mol. The van der Waals surface area contributed by atoms with Crippen molar-refractivity contribution >= 4 is 23.3 Å². The summed E-state index contributed by atoms with van der Waals surface area (Å²) < 4.78 is 7.65. The average molecular weight is 332 g/mol. The molecule has 0 aromatic carbocycles. The molecule has 1 aliphatic rings. The van der Waals surface area contributed by atoms with E-state index in [1.54, 1.807) is 0 Å². The fourth-order valence-corrected chi connectivity index (χ4v) is 3.26. The molecule has 120 valence electrons. The molecule has 1 N–H and O–H groups in total. The van der Waals surface area contributed by atoms with Gasteiger partial charge < -0.3 is 14.1 Å². The van der Waals surface area contributed by atoms with E-state index < -0.39 is 0 Å². The topological polar surface area (TPSA) is 68.2 Å². The molecule has 0 amide bonds. The van der Waals surface area contributed by atoms with Gasteiger partial charge in [-0.05, 0) is 25.0 Å². The monoisotopic (exact) mass is 331 g/mol. The lowest BCUT2D eigenvalue weighted by atomic mass is 9.89. The first-order valence-electron chi connectivity index (χ1n) is 7.98. The SMILES string of the molecule is Clc1ccc2nc(CNc3nnc(C4CCCCC4)o3)cn2c1. The van der Waals surface area contributed by atoms with E-state index in [-0.39, 0.29) is 0 Å². The molecule has 23 heavy (non-hydrogen) atoms. The van der Waals surface area contributed by atoms with Crippen molar-refractivity contribution in [3.05, 3.63) is 41.1 Å². The van der Waals surface area contributed by atoms with Gasteiger partial charge in [-0.1, -0.05) is 36.0 Å². The molecule has 0 aliphatic heterocycles. The van der Waals surface area contributed by atoms with Gasteiger partial charge in [0.1, 0.15) is 5.65 Å². The molecule has 0 saturated heterocycles. The standard InChI is InChI=1S/C16H18ClN5O/c17-12-6-7-14-19-13(10-22(14)9-12)8-18-16-21-20-15(23-16)11-4-2-1-3-5-11/h6-7,9-11H,1-5,8H2,(H,18,21). The summed E-state index contributed by atoms with van der Waals surface area (Å²) in [5, 5.41) is 12.1. The normalized spacial score (nSPS) is 16.0. The number of nitrogens with one attached hydrogen (secondary N) is 1. The number of nitrogens with zero attached hydrogens (tertiary/aromatic N) is 4. The maximum atomic E-state index is 5.98. The maximum Gasteiger partial charge on any atom is 0.315 e. The third-order valence-electron chi connectivity index (χ3n) is 4.28. The fraction of sp³-hybridized carbons (Fsp3) is 0.438. The number of aromatic nitrogens is 4. The maximum absolute atomic E-state index is 5.98. The van der Waals surface area contributed by atoms with Crippen molar-refractivity contribution in [2.45, 2.75) is 44.6 Å². The van der Waals surface area contributed by atoms with E-state index in [1.807, 2.05) is 28.9 Å². The Morgan fingerprint density at radius 3 is 2.91 bits per heavy atom. The number of rotatable bonds is 4. The Hall–Kier alpha value is -2.08. The third-order valence-corrected chi connectivity index (χ3v) is 4.50. The molecule has 0 unspecified atom stereocenters. The van der Waals surface area contributed by atoms with Crippen LogP contribution in [0.5, 0.6) is 0 Å². The van der Waals surface area contributed by atoms with Crippen molar-refractivity contribution < 1.29 is 4.42 Å². The minimum atomic E-state index is 0.420. The Bertz CT molecular complexity index is 806. The number of anilines is 1. The van der Waals surface area contributed by atoms with Crippen molar-refractivity contribution in [3.8, 4) is 0 Å². The van der Waals surface area contributed by atoms with Gasteiger partial charge >= 0.3 is 6.01 Å². The van der Waals surface area contributed by atoms with Crippen molar-refractivity contribution in [1.82, 2.24) is 19.6 Å². The quantitative estimate of drug-likeness (QED) is 0.781. The van der Waals surface area contributed by atoms with Gasteiger partial charge in [0, 0.05) is 18.3 Å². The summed E-state index contributed by atoms with van der Waals surface area (Å²) in [4.78, 5) is 4.52. The molecule has 0 bridgehead atoms. The molecule has 3 aromatic heterocycles. The first-order chi connectivity index (χ1) is 11.3. The van der Waals surface area contributed by atoms with Crippen LogP contribution in [0.1, 0.15) is 49.6 Å². The zero-order valence-corrected chi connectivity index (χ0v) is 13.5. The molecule has 0 atom stereocenters. The summed E-state index contributed by atoms with van der Waals surface area (Å²) in [6, 6.07) is 4.18. The van der Waals surface area contributed by atoms with Gasteiger partial charge in [-0.15, -0.1) is 5.10 Å². The van der Waals surface area contributed by atoms with E-state index in [1.165, 1.54) is 19.3 Å². The second kappa shape index (κ2) is 6.20. The lowest BCUT2D eigenvalue weighted by molar-refractivity contribution is 0.367. The molecular formula is C16H18ClN5O. The van der Waals surface area contributed by atoms with Crippen LogP contribution in [-0.4, -0.2) is 19.6 Å².